The number of nitrogens with two attached hydrogens (primary N) is 1. The van der Waals surface area contributed by atoms with Gasteiger partial charge in [0.2, 0.25) is 0 Å². The molecule has 3 fully saturated rings. The van der Waals surface area contributed by atoms with Crippen molar-refractivity contribution in [3.63, 3.8) is 0 Å². The molecule has 3 aliphatic rings. The Kier molecular flexibility index (Phi) is 3.20. The van der Waals surface area contributed by atoms with E-state index in [0.29, 0.717) is 0 Å². The third-order valence-corrected chi connectivity index (χ3v) is 3.25. The topological polar surface area (TPSA) is 64.3 Å². The van der Waals surface area contributed by atoms with E-state index >= 15 is 0 Å². The Labute approximate surface area is 103 Å². The standard InChI is InChI=1S/C11H20N2O2.ClH/c1-9(2,3)15-8(14)13-11-5-4-10(12,6-11)7-11;/h4-7,12H2,1-3H3,(H,13,14);1H. The van der Waals surface area contributed by atoms with Crippen LogP contribution in [-0.4, -0.2) is 22.8 Å². The number of halogens is 1. The van der Waals surface area contributed by atoms with E-state index in [0.717, 1.165) is 25.7 Å². The Morgan fingerprint density at radius 1 is 1.31 bits per heavy atom. The van der Waals surface area contributed by atoms with Gasteiger partial charge in [0.15, 0.2) is 0 Å². The summed E-state index contributed by atoms with van der Waals surface area (Å²) in [6.07, 6.45) is 3.50. The zero-order chi connectivity index (χ0) is 11.3. The van der Waals surface area contributed by atoms with Crippen LogP contribution in [0.1, 0.15) is 46.5 Å². The zero-order valence-corrected chi connectivity index (χ0v) is 10.9. The Balaban J connectivity index is 0.00000128. The molecule has 0 atom stereocenters. The molecule has 2 bridgehead atoms. The lowest BCUT2D eigenvalue weighted by molar-refractivity contribution is 0.0379. The lowest BCUT2D eigenvalue weighted by Gasteiger charge is -2.45. The predicted molar refractivity (Wildman–Crippen MR) is 64.7 cm³/mol. The molecular weight excluding hydrogens is 228 g/mol. The molecular formula is C11H21ClN2O2. The maximum Gasteiger partial charge on any atom is 0.408 e. The fourth-order valence-electron chi connectivity index (χ4n) is 2.81. The van der Waals surface area contributed by atoms with E-state index in [1.165, 1.54) is 0 Å². The third-order valence-electron chi connectivity index (χ3n) is 3.25. The quantitative estimate of drug-likeness (QED) is 0.746. The smallest absolute Gasteiger partial charge is 0.408 e. The highest BCUT2D eigenvalue weighted by molar-refractivity contribution is 5.85. The molecule has 0 aromatic rings. The number of hydrogen-bond donors (Lipinski definition) is 2. The van der Waals surface area contributed by atoms with Gasteiger partial charge in [-0.25, -0.2) is 4.79 Å². The predicted octanol–water partition coefficient (Wildman–Crippen LogP) is 1.96. The van der Waals surface area contributed by atoms with Crippen LogP contribution in [0.15, 0.2) is 0 Å². The minimum atomic E-state index is -0.428. The second kappa shape index (κ2) is 3.77. The first-order valence-corrected chi connectivity index (χ1v) is 5.52. The molecule has 94 valence electrons. The van der Waals surface area contributed by atoms with Gasteiger partial charge < -0.3 is 15.8 Å². The summed E-state index contributed by atoms with van der Waals surface area (Å²) in [4.78, 5) is 11.6. The molecule has 0 aliphatic heterocycles. The number of nitrogens with one attached hydrogen (secondary N) is 1. The molecule has 0 heterocycles. The maximum atomic E-state index is 11.6. The molecule has 0 saturated heterocycles. The van der Waals surface area contributed by atoms with Crippen LogP contribution in [0.25, 0.3) is 0 Å². The van der Waals surface area contributed by atoms with Crippen molar-refractivity contribution in [2.75, 3.05) is 0 Å². The van der Waals surface area contributed by atoms with Gasteiger partial charge in [-0.3, -0.25) is 0 Å². The fraction of sp³-hybridized carbons (Fsp3) is 0.909. The molecule has 3 N–H and O–H groups in total. The molecule has 5 heteroatoms. The molecule has 0 spiro atoms. The van der Waals surface area contributed by atoms with Gasteiger partial charge in [-0.2, -0.15) is 0 Å². The van der Waals surface area contributed by atoms with E-state index in [1.807, 2.05) is 20.8 Å². The summed E-state index contributed by atoms with van der Waals surface area (Å²) in [5.41, 5.74) is 5.55. The Bertz CT molecular complexity index is 293. The van der Waals surface area contributed by atoms with Gasteiger partial charge in [-0.1, -0.05) is 0 Å². The normalized spacial score (nSPS) is 36.0. The van der Waals surface area contributed by atoms with Crippen LogP contribution >= 0.6 is 12.4 Å². The molecule has 16 heavy (non-hydrogen) atoms. The van der Waals surface area contributed by atoms with Gasteiger partial charge >= 0.3 is 6.09 Å². The van der Waals surface area contributed by atoms with E-state index < -0.39 is 5.60 Å². The molecule has 3 rings (SSSR count). The lowest BCUT2D eigenvalue weighted by Crippen LogP contribution is -2.62. The Hall–Kier alpha value is -0.480. The lowest BCUT2D eigenvalue weighted by atomic mass is 9.72. The van der Waals surface area contributed by atoms with E-state index in [9.17, 15) is 4.79 Å². The van der Waals surface area contributed by atoms with Crippen LogP contribution in [0.2, 0.25) is 0 Å². The van der Waals surface area contributed by atoms with Crippen molar-refractivity contribution in [2.45, 2.75) is 63.1 Å². The van der Waals surface area contributed by atoms with Crippen LogP contribution in [0.5, 0.6) is 0 Å². The maximum absolute atomic E-state index is 11.6. The first-order valence-electron chi connectivity index (χ1n) is 5.52. The molecule has 1 amide bonds. The zero-order valence-electron chi connectivity index (χ0n) is 10.1. The molecule has 3 aliphatic carbocycles. The molecule has 0 unspecified atom stereocenters. The van der Waals surface area contributed by atoms with E-state index in [2.05, 4.69) is 5.32 Å². The van der Waals surface area contributed by atoms with Crippen molar-refractivity contribution in [1.29, 1.82) is 0 Å². The largest absolute Gasteiger partial charge is 0.444 e. The van der Waals surface area contributed by atoms with E-state index in [1.54, 1.807) is 0 Å². The van der Waals surface area contributed by atoms with Gasteiger partial charge in [0.05, 0.1) is 0 Å². The highest BCUT2D eigenvalue weighted by atomic mass is 35.5. The summed E-state index contributed by atoms with van der Waals surface area (Å²) >= 11 is 0. The van der Waals surface area contributed by atoms with Crippen molar-refractivity contribution < 1.29 is 9.53 Å². The molecule has 0 aromatic carbocycles. The van der Waals surface area contributed by atoms with Crippen LogP contribution in [0.4, 0.5) is 4.79 Å². The molecule has 0 radical (unpaired) electrons. The van der Waals surface area contributed by atoms with Gasteiger partial charge in [-0.15, -0.1) is 12.4 Å². The van der Waals surface area contributed by atoms with Crippen LogP contribution in [0.3, 0.4) is 0 Å². The minimum absolute atomic E-state index is 0. The number of hydrogen-bond acceptors (Lipinski definition) is 3. The second-order valence-corrected chi connectivity index (χ2v) is 6.12. The summed E-state index contributed by atoms with van der Waals surface area (Å²) in [5.74, 6) is 0. The van der Waals surface area contributed by atoms with Gasteiger partial charge in [0.1, 0.15) is 5.60 Å². The number of amides is 1. The van der Waals surface area contributed by atoms with E-state index in [-0.39, 0.29) is 29.6 Å². The van der Waals surface area contributed by atoms with E-state index in [4.69, 9.17) is 10.5 Å². The number of fused-ring (bicyclic) bond motifs is 1. The summed E-state index contributed by atoms with van der Waals surface area (Å²) in [7, 11) is 0. The summed E-state index contributed by atoms with van der Waals surface area (Å²) in [5, 5.41) is 2.96. The van der Waals surface area contributed by atoms with Crippen molar-refractivity contribution in [3.8, 4) is 0 Å². The Morgan fingerprint density at radius 3 is 2.25 bits per heavy atom. The number of ether oxygens (including phenoxy) is 1. The van der Waals surface area contributed by atoms with Gasteiger partial charge in [0, 0.05) is 11.1 Å². The number of alkyl carbamates (subject to hydrolysis) is 1. The molecule has 0 aromatic heterocycles. The highest BCUT2D eigenvalue weighted by Gasteiger charge is 2.59. The van der Waals surface area contributed by atoms with Crippen LogP contribution in [-0.2, 0) is 4.74 Å². The van der Waals surface area contributed by atoms with Gasteiger partial charge in [0.25, 0.3) is 0 Å². The summed E-state index contributed by atoms with van der Waals surface area (Å²) in [6.45, 7) is 5.60. The number of carbonyl (C=O) groups excluding carboxylic acids is 1. The number of rotatable bonds is 1. The molecule has 3 saturated carbocycles. The third kappa shape index (κ3) is 2.61. The minimum Gasteiger partial charge on any atom is -0.444 e. The second-order valence-electron chi connectivity index (χ2n) is 6.12. The highest BCUT2D eigenvalue weighted by Crippen LogP contribution is 2.53. The first kappa shape index (κ1) is 13.6. The average molecular weight is 249 g/mol. The summed E-state index contributed by atoms with van der Waals surface area (Å²) in [6, 6.07) is 0. The van der Waals surface area contributed by atoms with Crippen molar-refractivity contribution in [2.24, 2.45) is 5.73 Å². The fourth-order valence-corrected chi connectivity index (χ4v) is 2.81. The first-order chi connectivity index (χ1) is 6.72. The molecule has 4 nitrogen and oxygen atoms in total. The summed E-state index contributed by atoms with van der Waals surface area (Å²) < 4.78 is 5.23. The van der Waals surface area contributed by atoms with Gasteiger partial charge in [-0.05, 0) is 46.5 Å². The van der Waals surface area contributed by atoms with Crippen molar-refractivity contribution in [3.05, 3.63) is 0 Å². The Morgan fingerprint density at radius 2 is 1.88 bits per heavy atom. The monoisotopic (exact) mass is 248 g/mol. The SMILES string of the molecule is CC(C)(C)OC(=O)NC12CCC(N)(C1)C2.Cl. The van der Waals surface area contributed by atoms with Crippen molar-refractivity contribution >= 4 is 18.5 Å². The van der Waals surface area contributed by atoms with Crippen LogP contribution < -0.4 is 11.1 Å². The number of carbonyl (C=O) groups is 1. The van der Waals surface area contributed by atoms with Crippen LogP contribution in [0, 0.1) is 0 Å². The average Bonchev–Trinajstić information content (AvgIpc) is 2.35. The van der Waals surface area contributed by atoms with Crippen molar-refractivity contribution in [1.82, 2.24) is 5.32 Å².